The summed E-state index contributed by atoms with van der Waals surface area (Å²) < 4.78 is 0. The highest BCUT2D eigenvalue weighted by molar-refractivity contribution is 6.01. The Bertz CT molecular complexity index is 1380. The highest BCUT2D eigenvalue weighted by Gasteiger charge is 2.34. The van der Waals surface area contributed by atoms with E-state index in [1.54, 1.807) is 24.5 Å². The quantitative estimate of drug-likeness (QED) is 0.382. The van der Waals surface area contributed by atoms with Crippen LogP contribution in [0.1, 0.15) is 48.4 Å². The van der Waals surface area contributed by atoms with Gasteiger partial charge in [-0.15, -0.1) is 10.2 Å². The Morgan fingerprint density at radius 1 is 0.947 bits per heavy atom. The first kappa shape index (κ1) is 25.3. The van der Waals surface area contributed by atoms with E-state index in [4.69, 9.17) is 0 Å². The van der Waals surface area contributed by atoms with Crippen LogP contribution in [0.2, 0.25) is 0 Å². The number of rotatable bonds is 8. The van der Waals surface area contributed by atoms with Crippen LogP contribution in [0.4, 0.5) is 5.69 Å². The van der Waals surface area contributed by atoms with E-state index in [-0.39, 0.29) is 24.4 Å². The van der Waals surface area contributed by atoms with Crippen molar-refractivity contribution >= 4 is 17.5 Å². The standard InChI is InChI=1S/C29H31N7O2/c1-20-7-11-23(12-8-20)28-32-34-35(33-28)19-26(37)36(25-13-9-21(2)10-14-25)27(22-15-17-30-18-16-22)29(38)31-24-5-3-4-6-24/h7-18,24,27H,3-6,19H2,1-2H3,(H,31,38). The number of anilines is 1. The SMILES string of the molecule is Cc1ccc(-c2nnn(CC(=O)N(c3ccc(C)cc3)C(C(=O)NC3CCCC3)c3ccncc3)n2)cc1. The number of pyridine rings is 1. The van der Waals surface area contributed by atoms with Crippen molar-refractivity contribution in [2.45, 2.75) is 58.2 Å². The molecule has 9 nitrogen and oxygen atoms in total. The van der Waals surface area contributed by atoms with Crippen molar-refractivity contribution in [3.63, 3.8) is 0 Å². The number of nitrogens with one attached hydrogen (secondary N) is 1. The molecule has 1 unspecified atom stereocenters. The molecule has 0 aliphatic heterocycles. The van der Waals surface area contributed by atoms with Crippen LogP contribution >= 0.6 is 0 Å². The van der Waals surface area contributed by atoms with Crippen molar-refractivity contribution in [2.75, 3.05) is 4.90 Å². The second-order valence-electron chi connectivity index (χ2n) is 9.78. The molecule has 0 bridgehead atoms. The Morgan fingerprint density at radius 2 is 1.58 bits per heavy atom. The third-order valence-corrected chi connectivity index (χ3v) is 6.85. The van der Waals surface area contributed by atoms with Crippen molar-refractivity contribution in [3.8, 4) is 11.4 Å². The van der Waals surface area contributed by atoms with Gasteiger partial charge in [0.2, 0.25) is 11.7 Å². The second kappa shape index (κ2) is 11.3. The van der Waals surface area contributed by atoms with E-state index in [2.05, 4.69) is 25.7 Å². The summed E-state index contributed by atoms with van der Waals surface area (Å²) >= 11 is 0. The molecule has 9 heteroatoms. The van der Waals surface area contributed by atoms with E-state index < -0.39 is 6.04 Å². The van der Waals surface area contributed by atoms with E-state index in [0.29, 0.717) is 17.1 Å². The summed E-state index contributed by atoms with van der Waals surface area (Å²) in [6, 6.07) is 18.1. The molecule has 0 radical (unpaired) electrons. The Balaban J connectivity index is 1.48. The molecule has 1 N–H and O–H groups in total. The van der Waals surface area contributed by atoms with Crippen LogP contribution in [0.25, 0.3) is 11.4 Å². The Kier molecular flexibility index (Phi) is 7.53. The molecule has 2 heterocycles. The summed E-state index contributed by atoms with van der Waals surface area (Å²) in [4.78, 5) is 34.7. The van der Waals surface area contributed by atoms with Crippen molar-refractivity contribution in [2.24, 2.45) is 0 Å². The van der Waals surface area contributed by atoms with Gasteiger partial charge in [0.25, 0.3) is 5.91 Å². The smallest absolute Gasteiger partial charge is 0.251 e. The van der Waals surface area contributed by atoms with Crippen LogP contribution in [-0.2, 0) is 16.1 Å². The zero-order valence-corrected chi connectivity index (χ0v) is 21.6. The average molecular weight is 510 g/mol. The van der Waals surface area contributed by atoms with Gasteiger partial charge in [-0.25, -0.2) is 0 Å². The fourth-order valence-corrected chi connectivity index (χ4v) is 4.78. The molecule has 2 amide bonds. The largest absolute Gasteiger partial charge is 0.351 e. The van der Waals surface area contributed by atoms with E-state index in [1.165, 1.54) is 9.70 Å². The molecule has 0 saturated heterocycles. The number of nitrogens with zero attached hydrogens (tertiary/aromatic N) is 6. The van der Waals surface area contributed by atoms with Crippen LogP contribution in [0, 0.1) is 13.8 Å². The van der Waals surface area contributed by atoms with Crippen molar-refractivity contribution < 1.29 is 9.59 Å². The van der Waals surface area contributed by atoms with Crippen molar-refractivity contribution in [3.05, 3.63) is 89.7 Å². The summed E-state index contributed by atoms with van der Waals surface area (Å²) in [6.45, 7) is 3.81. The summed E-state index contributed by atoms with van der Waals surface area (Å²) in [5.41, 5.74) is 4.29. The lowest BCUT2D eigenvalue weighted by Crippen LogP contribution is -2.47. The lowest BCUT2D eigenvalue weighted by molar-refractivity contribution is -0.127. The third-order valence-electron chi connectivity index (χ3n) is 6.85. The maximum atomic E-state index is 13.9. The average Bonchev–Trinajstić information content (AvgIpc) is 3.61. The molecule has 0 spiro atoms. The van der Waals surface area contributed by atoms with Crippen LogP contribution in [-0.4, -0.2) is 43.0 Å². The third kappa shape index (κ3) is 5.77. The molecule has 1 aliphatic rings. The summed E-state index contributed by atoms with van der Waals surface area (Å²) in [5.74, 6) is -0.113. The van der Waals surface area contributed by atoms with Crippen LogP contribution in [0.15, 0.2) is 73.1 Å². The van der Waals surface area contributed by atoms with Crippen LogP contribution in [0.5, 0.6) is 0 Å². The first-order valence-electron chi connectivity index (χ1n) is 12.9. The summed E-state index contributed by atoms with van der Waals surface area (Å²) in [5, 5.41) is 15.9. The minimum absolute atomic E-state index is 0.107. The minimum atomic E-state index is -0.881. The number of aryl methyl sites for hydroxylation is 2. The Morgan fingerprint density at radius 3 is 2.24 bits per heavy atom. The van der Waals surface area contributed by atoms with Crippen LogP contribution in [0.3, 0.4) is 0 Å². The number of benzene rings is 2. The number of aromatic nitrogens is 5. The second-order valence-corrected chi connectivity index (χ2v) is 9.78. The highest BCUT2D eigenvalue weighted by atomic mass is 16.2. The van der Waals surface area contributed by atoms with E-state index in [1.807, 2.05) is 62.4 Å². The molecule has 5 rings (SSSR count). The molecule has 1 atom stereocenters. The maximum absolute atomic E-state index is 13.9. The van der Waals surface area contributed by atoms with Gasteiger partial charge in [0.1, 0.15) is 12.6 Å². The number of hydrogen-bond acceptors (Lipinski definition) is 6. The normalized spacial score (nSPS) is 14.3. The molecule has 38 heavy (non-hydrogen) atoms. The van der Waals surface area contributed by atoms with Gasteiger partial charge in [0.05, 0.1) is 0 Å². The Labute approximate surface area is 221 Å². The fraction of sp³-hybridized carbons (Fsp3) is 0.310. The number of amides is 2. The molecule has 1 saturated carbocycles. The van der Waals surface area contributed by atoms with E-state index in [0.717, 1.165) is 42.4 Å². The van der Waals surface area contributed by atoms with Gasteiger partial charge in [0, 0.05) is 29.7 Å². The molecule has 1 fully saturated rings. The minimum Gasteiger partial charge on any atom is -0.351 e. The Hall–Kier alpha value is -4.40. The predicted octanol–water partition coefficient (Wildman–Crippen LogP) is 4.19. The number of tetrazole rings is 1. The van der Waals surface area contributed by atoms with Gasteiger partial charge in [-0.2, -0.15) is 4.80 Å². The first-order chi connectivity index (χ1) is 18.5. The van der Waals surface area contributed by atoms with Crippen LogP contribution < -0.4 is 10.2 Å². The van der Waals surface area contributed by atoms with Gasteiger partial charge >= 0.3 is 0 Å². The first-order valence-corrected chi connectivity index (χ1v) is 12.9. The number of carbonyl (C=O) groups is 2. The van der Waals surface area contributed by atoms with E-state index in [9.17, 15) is 9.59 Å². The van der Waals surface area contributed by atoms with Crippen molar-refractivity contribution in [1.29, 1.82) is 0 Å². The zero-order chi connectivity index (χ0) is 26.5. The molecule has 1 aliphatic carbocycles. The monoisotopic (exact) mass is 509 g/mol. The van der Waals surface area contributed by atoms with E-state index >= 15 is 0 Å². The number of hydrogen-bond donors (Lipinski definition) is 1. The number of carbonyl (C=O) groups excluding carboxylic acids is 2. The van der Waals surface area contributed by atoms with Crippen molar-refractivity contribution in [1.82, 2.24) is 30.5 Å². The van der Waals surface area contributed by atoms with Gasteiger partial charge < -0.3 is 5.32 Å². The molecule has 2 aromatic heterocycles. The lowest BCUT2D eigenvalue weighted by Gasteiger charge is -2.32. The topological polar surface area (TPSA) is 106 Å². The zero-order valence-electron chi connectivity index (χ0n) is 21.6. The molecular formula is C29H31N7O2. The lowest BCUT2D eigenvalue weighted by atomic mass is 10.0. The van der Waals surface area contributed by atoms with Gasteiger partial charge in [0.15, 0.2) is 0 Å². The molecular weight excluding hydrogens is 478 g/mol. The van der Waals surface area contributed by atoms with Gasteiger partial charge in [-0.05, 0) is 61.7 Å². The predicted molar refractivity (Wildman–Crippen MR) is 144 cm³/mol. The van der Waals surface area contributed by atoms with Gasteiger partial charge in [-0.3, -0.25) is 19.5 Å². The maximum Gasteiger partial charge on any atom is 0.251 e. The molecule has 2 aromatic carbocycles. The fourth-order valence-electron chi connectivity index (χ4n) is 4.78. The highest BCUT2D eigenvalue weighted by Crippen LogP contribution is 2.29. The molecule has 194 valence electrons. The summed E-state index contributed by atoms with van der Waals surface area (Å²) in [6.07, 6.45) is 7.33. The molecule has 4 aromatic rings. The summed E-state index contributed by atoms with van der Waals surface area (Å²) in [7, 11) is 0. The van der Waals surface area contributed by atoms with Gasteiger partial charge in [-0.1, -0.05) is 60.4 Å².